The maximum Gasteiger partial charge on any atom is 0.307 e. The first-order valence-corrected chi connectivity index (χ1v) is 3.40. The minimum Gasteiger partial charge on any atom is -0.466 e. The molecule has 0 heterocycles. The molecule has 0 aliphatic carbocycles. The van der Waals surface area contributed by atoms with E-state index in [1.54, 1.807) is 13.0 Å². The van der Waals surface area contributed by atoms with Gasteiger partial charge in [-0.15, -0.1) is 0 Å². The maximum atomic E-state index is 10.7. The van der Waals surface area contributed by atoms with Crippen LogP contribution in [-0.2, 0) is 9.53 Å². The lowest BCUT2D eigenvalue weighted by Gasteiger charge is -2.03. The van der Waals surface area contributed by atoms with E-state index in [9.17, 15) is 4.79 Å². The molecule has 0 fully saturated rings. The number of nitriles is 1. The second kappa shape index (κ2) is 5.69. The van der Waals surface area contributed by atoms with Gasteiger partial charge in [0, 0.05) is 0 Å². The second-order valence-corrected chi connectivity index (χ2v) is 2.02. The number of aliphatic hydroxyl groups excluding tert-OH is 1. The Morgan fingerprint density at radius 1 is 1.82 bits per heavy atom. The first kappa shape index (κ1) is 9.92. The summed E-state index contributed by atoms with van der Waals surface area (Å²) in [5.74, 6) is -1.07. The molecule has 0 spiro atoms. The third-order valence-electron chi connectivity index (χ3n) is 1.12. The van der Waals surface area contributed by atoms with Gasteiger partial charge in [-0.3, -0.25) is 4.79 Å². The van der Waals surface area contributed by atoms with Gasteiger partial charge in [-0.1, -0.05) is 0 Å². The number of rotatable bonds is 4. The van der Waals surface area contributed by atoms with Gasteiger partial charge in [0.2, 0.25) is 0 Å². The summed E-state index contributed by atoms with van der Waals surface area (Å²) in [6, 6.07) is 1.79. The molecular weight excluding hydrogens is 146 g/mol. The summed E-state index contributed by atoms with van der Waals surface area (Å²) in [7, 11) is 0. The number of ether oxygens (including phenoxy) is 1. The van der Waals surface area contributed by atoms with Crippen LogP contribution in [0.1, 0.15) is 13.3 Å². The van der Waals surface area contributed by atoms with Gasteiger partial charge in [-0.25, -0.2) is 0 Å². The summed E-state index contributed by atoms with van der Waals surface area (Å²) < 4.78 is 4.57. The molecule has 0 saturated heterocycles. The Hall–Kier alpha value is -1.08. The Morgan fingerprint density at radius 2 is 2.45 bits per heavy atom. The molecule has 0 aliphatic heterocycles. The number of esters is 1. The monoisotopic (exact) mass is 157 g/mol. The number of nitrogens with zero attached hydrogens (tertiary/aromatic N) is 1. The minimum absolute atomic E-state index is 0.0269. The zero-order valence-electron chi connectivity index (χ0n) is 6.41. The Morgan fingerprint density at radius 3 is 2.82 bits per heavy atom. The van der Waals surface area contributed by atoms with Crippen molar-refractivity contribution in [2.75, 3.05) is 13.2 Å². The number of aliphatic hydroxyl groups is 1. The van der Waals surface area contributed by atoms with Crippen LogP contribution in [-0.4, -0.2) is 24.3 Å². The molecule has 1 unspecified atom stereocenters. The number of carbonyl (C=O) groups is 1. The van der Waals surface area contributed by atoms with Crippen LogP contribution < -0.4 is 0 Å². The average molecular weight is 157 g/mol. The molecule has 0 aromatic carbocycles. The molecule has 1 N–H and O–H groups in total. The lowest BCUT2D eigenvalue weighted by molar-refractivity contribution is -0.144. The van der Waals surface area contributed by atoms with E-state index in [0.717, 1.165) is 0 Å². The summed E-state index contributed by atoms with van der Waals surface area (Å²) >= 11 is 0. The molecule has 0 bridgehead atoms. The molecule has 0 amide bonds. The van der Waals surface area contributed by atoms with Gasteiger partial charge >= 0.3 is 5.97 Å². The first-order chi connectivity index (χ1) is 5.24. The quantitative estimate of drug-likeness (QED) is 0.586. The van der Waals surface area contributed by atoms with Crippen molar-refractivity contribution < 1.29 is 14.6 Å². The van der Waals surface area contributed by atoms with Crippen molar-refractivity contribution in [1.82, 2.24) is 0 Å². The van der Waals surface area contributed by atoms with E-state index >= 15 is 0 Å². The molecular formula is C7H11NO3. The predicted octanol–water partition coefficient (Wildman–Crippen LogP) is 0.0717. The zero-order valence-corrected chi connectivity index (χ0v) is 6.41. The highest BCUT2D eigenvalue weighted by Crippen LogP contribution is 2.01. The van der Waals surface area contributed by atoms with Crippen LogP contribution in [0.2, 0.25) is 0 Å². The Balaban J connectivity index is 3.65. The molecule has 4 heteroatoms. The number of carbonyl (C=O) groups excluding carboxylic acids is 1. The topological polar surface area (TPSA) is 70.3 Å². The van der Waals surface area contributed by atoms with E-state index < -0.39 is 11.9 Å². The normalized spacial score (nSPS) is 11.7. The van der Waals surface area contributed by atoms with Crippen molar-refractivity contribution in [2.45, 2.75) is 13.3 Å². The molecule has 0 aromatic heterocycles. The van der Waals surface area contributed by atoms with Crippen LogP contribution in [0.5, 0.6) is 0 Å². The van der Waals surface area contributed by atoms with Crippen molar-refractivity contribution in [3.63, 3.8) is 0 Å². The minimum atomic E-state index is -0.631. The fraction of sp³-hybridized carbons (Fsp3) is 0.714. The third-order valence-corrected chi connectivity index (χ3v) is 1.12. The molecule has 0 aliphatic rings. The SMILES string of the molecule is CCOC(=O)CC(C#N)CO. The summed E-state index contributed by atoms with van der Waals surface area (Å²) in [6.07, 6.45) is -0.0269. The molecule has 0 radical (unpaired) electrons. The van der Waals surface area contributed by atoms with Crippen LogP contribution >= 0.6 is 0 Å². The van der Waals surface area contributed by atoms with E-state index in [1.165, 1.54) is 0 Å². The van der Waals surface area contributed by atoms with E-state index in [0.29, 0.717) is 6.61 Å². The van der Waals surface area contributed by atoms with Gasteiger partial charge in [0.15, 0.2) is 0 Å². The van der Waals surface area contributed by atoms with Gasteiger partial charge in [0.05, 0.1) is 31.6 Å². The summed E-state index contributed by atoms with van der Waals surface area (Å²) in [6.45, 7) is 1.70. The summed E-state index contributed by atoms with van der Waals surface area (Å²) in [5, 5.41) is 16.8. The standard InChI is InChI=1S/C7H11NO3/c1-2-11-7(10)3-6(4-8)5-9/h6,9H,2-3,5H2,1H3. The summed E-state index contributed by atoms with van der Waals surface area (Å²) in [5.41, 5.74) is 0. The maximum absolute atomic E-state index is 10.7. The van der Waals surface area contributed by atoms with Crippen molar-refractivity contribution in [2.24, 2.45) is 5.92 Å². The first-order valence-electron chi connectivity index (χ1n) is 3.40. The molecule has 0 rings (SSSR count). The number of hydrogen-bond acceptors (Lipinski definition) is 4. The van der Waals surface area contributed by atoms with Crippen molar-refractivity contribution in [3.05, 3.63) is 0 Å². The van der Waals surface area contributed by atoms with Gasteiger partial charge < -0.3 is 9.84 Å². The largest absolute Gasteiger partial charge is 0.466 e. The third kappa shape index (κ3) is 4.34. The van der Waals surface area contributed by atoms with Crippen molar-refractivity contribution in [1.29, 1.82) is 5.26 Å². The highest BCUT2D eigenvalue weighted by Gasteiger charge is 2.11. The molecule has 4 nitrogen and oxygen atoms in total. The van der Waals surface area contributed by atoms with Gasteiger partial charge in [0.1, 0.15) is 0 Å². The van der Waals surface area contributed by atoms with E-state index in [1.807, 2.05) is 0 Å². The molecule has 11 heavy (non-hydrogen) atoms. The lowest BCUT2D eigenvalue weighted by Crippen LogP contribution is -2.12. The van der Waals surface area contributed by atoms with Crippen LogP contribution in [0.3, 0.4) is 0 Å². The summed E-state index contributed by atoms with van der Waals surface area (Å²) in [4.78, 5) is 10.7. The number of hydrogen-bond donors (Lipinski definition) is 1. The Bertz CT molecular complexity index is 162. The second-order valence-electron chi connectivity index (χ2n) is 2.02. The Labute approximate surface area is 65.4 Å². The van der Waals surface area contributed by atoms with E-state index in [-0.39, 0.29) is 13.0 Å². The van der Waals surface area contributed by atoms with E-state index in [2.05, 4.69) is 4.74 Å². The highest BCUT2D eigenvalue weighted by atomic mass is 16.5. The predicted molar refractivity (Wildman–Crippen MR) is 37.4 cm³/mol. The molecule has 0 saturated carbocycles. The van der Waals surface area contributed by atoms with Crippen LogP contribution in [0.4, 0.5) is 0 Å². The molecule has 1 atom stereocenters. The Kier molecular flexibility index (Phi) is 5.13. The van der Waals surface area contributed by atoms with Crippen LogP contribution in [0.25, 0.3) is 0 Å². The van der Waals surface area contributed by atoms with Gasteiger partial charge in [0.25, 0.3) is 0 Å². The molecule has 0 aromatic rings. The van der Waals surface area contributed by atoms with E-state index in [4.69, 9.17) is 10.4 Å². The van der Waals surface area contributed by atoms with Crippen LogP contribution in [0, 0.1) is 17.2 Å². The average Bonchev–Trinajstić information content (AvgIpc) is 2.01. The zero-order chi connectivity index (χ0) is 8.69. The van der Waals surface area contributed by atoms with Gasteiger partial charge in [-0.05, 0) is 6.92 Å². The molecule has 62 valence electrons. The fourth-order valence-electron chi connectivity index (χ4n) is 0.572. The van der Waals surface area contributed by atoms with Crippen molar-refractivity contribution >= 4 is 5.97 Å². The highest BCUT2D eigenvalue weighted by molar-refractivity contribution is 5.70. The smallest absolute Gasteiger partial charge is 0.307 e. The lowest BCUT2D eigenvalue weighted by atomic mass is 10.1. The fourth-order valence-corrected chi connectivity index (χ4v) is 0.572. The van der Waals surface area contributed by atoms with Gasteiger partial charge in [-0.2, -0.15) is 5.26 Å². The van der Waals surface area contributed by atoms with Crippen LogP contribution in [0.15, 0.2) is 0 Å². The van der Waals surface area contributed by atoms with Crippen molar-refractivity contribution in [3.8, 4) is 6.07 Å².